The van der Waals surface area contributed by atoms with E-state index in [0.717, 1.165) is 49.9 Å². The van der Waals surface area contributed by atoms with Gasteiger partial charge in [0.1, 0.15) is 11.1 Å². The van der Waals surface area contributed by atoms with Crippen molar-refractivity contribution in [1.82, 2.24) is 10.3 Å². The van der Waals surface area contributed by atoms with Crippen LogP contribution >= 0.6 is 11.8 Å². The van der Waals surface area contributed by atoms with Crippen molar-refractivity contribution in [2.24, 2.45) is 0 Å². The summed E-state index contributed by atoms with van der Waals surface area (Å²) in [5.41, 5.74) is -1.38. The van der Waals surface area contributed by atoms with Crippen molar-refractivity contribution in [3.8, 4) is 6.07 Å². The average molecular weight is 371 g/mol. The number of alkyl halides is 3. The molecule has 0 aliphatic heterocycles. The largest absolute Gasteiger partial charge is 0.417 e. The van der Waals surface area contributed by atoms with Crippen LogP contribution in [0.5, 0.6) is 0 Å². The molecule has 1 amide bonds. The third-order valence-corrected chi connectivity index (χ3v) is 5.23. The van der Waals surface area contributed by atoms with Gasteiger partial charge in [-0.1, -0.05) is 31.0 Å². The fourth-order valence-corrected chi connectivity index (χ4v) is 3.83. The first-order chi connectivity index (χ1) is 11.7. The first-order valence-electron chi connectivity index (χ1n) is 8.18. The molecule has 1 aliphatic carbocycles. The van der Waals surface area contributed by atoms with Gasteiger partial charge >= 0.3 is 6.18 Å². The Hall–Kier alpha value is -1.75. The van der Waals surface area contributed by atoms with E-state index in [0.29, 0.717) is 0 Å². The van der Waals surface area contributed by atoms with E-state index in [9.17, 15) is 18.0 Å². The first kappa shape index (κ1) is 19.6. The summed E-state index contributed by atoms with van der Waals surface area (Å²) in [4.78, 5) is 16.4. The van der Waals surface area contributed by atoms with Crippen LogP contribution in [0, 0.1) is 18.3 Å². The van der Waals surface area contributed by atoms with E-state index in [4.69, 9.17) is 5.26 Å². The van der Waals surface area contributed by atoms with Crippen LogP contribution in [0.1, 0.15) is 55.8 Å². The quantitative estimate of drug-likeness (QED) is 0.805. The van der Waals surface area contributed by atoms with Crippen molar-refractivity contribution in [3.05, 3.63) is 22.9 Å². The lowest BCUT2D eigenvalue weighted by Crippen LogP contribution is -2.40. The summed E-state index contributed by atoms with van der Waals surface area (Å²) in [6.07, 6.45) is 0.511. The molecule has 25 heavy (non-hydrogen) atoms. The lowest BCUT2D eigenvalue weighted by atomic mass is 9.95. The van der Waals surface area contributed by atoms with Gasteiger partial charge in [-0.25, -0.2) is 4.98 Å². The lowest BCUT2D eigenvalue weighted by Gasteiger charge is -2.24. The van der Waals surface area contributed by atoms with Crippen LogP contribution in [-0.4, -0.2) is 22.2 Å². The van der Waals surface area contributed by atoms with E-state index in [1.807, 2.05) is 0 Å². The molecule has 1 heterocycles. The number of hydrogen-bond donors (Lipinski definition) is 1. The molecule has 0 saturated heterocycles. The number of aryl methyl sites for hydroxylation is 1. The number of hydrogen-bond acceptors (Lipinski definition) is 4. The van der Waals surface area contributed by atoms with E-state index in [-0.39, 0.29) is 22.7 Å². The third kappa shape index (κ3) is 5.11. The summed E-state index contributed by atoms with van der Waals surface area (Å²) in [7, 11) is 0. The van der Waals surface area contributed by atoms with Gasteiger partial charge in [0, 0.05) is 11.7 Å². The molecule has 0 bridgehead atoms. The molecule has 0 radical (unpaired) electrons. The van der Waals surface area contributed by atoms with Crippen molar-refractivity contribution in [3.63, 3.8) is 0 Å². The molecule has 1 atom stereocenters. The van der Waals surface area contributed by atoms with Gasteiger partial charge in [0.15, 0.2) is 0 Å². The fourth-order valence-electron chi connectivity index (χ4n) is 2.85. The van der Waals surface area contributed by atoms with Crippen LogP contribution < -0.4 is 5.32 Å². The van der Waals surface area contributed by atoms with Gasteiger partial charge in [0.05, 0.1) is 16.4 Å². The summed E-state index contributed by atoms with van der Waals surface area (Å²) >= 11 is 0.890. The highest BCUT2D eigenvalue weighted by molar-refractivity contribution is 8.00. The summed E-state index contributed by atoms with van der Waals surface area (Å²) in [5.74, 6) is -0.238. The molecule has 8 heteroatoms. The van der Waals surface area contributed by atoms with Crippen molar-refractivity contribution >= 4 is 17.7 Å². The van der Waals surface area contributed by atoms with E-state index >= 15 is 0 Å². The van der Waals surface area contributed by atoms with Crippen molar-refractivity contribution in [1.29, 1.82) is 5.26 Å². The molecule has 4 nitrogen and oxygen atoms in total. The zero-order valence-electron chi connectivity index (χ0n) is 14.1. The number of aromatic nitrogens is 1. The Balaban J connectivity index is 2.17. The van der Waals surface area contributed by atoms with Gasteiger partial charge in [-0.3, -0.25) is 4.79 Å². The van der Waals surface area contributed by atoms with Gasteiger partial charge in [-0.15, -0.1) is 0 Å². The minimum atomic E-state index is -4.64. The zero-order chi connectivity index (χ0) is 18.6. The molecule has 1 saturated carbocycles. The van der Waals surface area contributed by atoms with Gasteiger partial charge in [0.2, 0.25) is 5.91 Å². The van der Waals surface area contributed by atoms with E-state index in [1.165, 1.54) is 6.92 Å². The number of halogens is 3. The predicted octanol–water partition coefficient (Wildman–Crippen LogP) is 4.21. The lowest BCUT2D eigenvalue weighted by molar-refractivity contribution is -0.138. The molecule has 1 aromatic heterocycles. The maximum atomic E-state index is 13.1. The number of carbonyl (C=O) groups excluding carboxylic acids is 1. The second-order valence-corrected chi connectivity index (χ2v) is 7.53. The second kappa shape index (κ2) is 8.09. The van der Waals surface area contributed by atoms with E-state index < -0.39 is 22.6 Å². The first-order valence-corrected chi connectivity index (χ1v) is 9.06. The van der Waals surface area contributed by atoms with Crippen LogP contribution in [0.4, 0.5) is 13.2 Å². The number of nitriles is 1. The molecule has 1 N–H and O–H groups in total. The molecule has 136 valence electrons. The molecule has 1 aliphatic rings. The number of carbonyl (C=O) groups is 1. The Labute approximate surface area is 149 Å². The van der Waals surface area contributed by atoms with E-state index in [2.05, 4.69) is 10.3 Å². The smallest absolute Gasteiger partial charge is 0.352 e. The van der Waals surface area contributed by atoms with E-state index in [1.54, 1.807) is 13.0 Å². The Kier molecular flexibility index (Phi) is 6.33. The molecule has 1 aromatic rings. The van der Waals surface area contributed by atoms with Crippen LogP contribution in [0.2, 0.25) is 0 Å². The number of nitrogens with one attached hydrogen (secondary N) is 1. The summed E-state index contributed by atoms with van der Waals surface area (Å²) in [5, 5.41) is 11.4. The molecule has 0 aromatic carbocycles. The maximum absolute atomic E-state index is 13.1. The Morgan fingerprint density at radius 1 is 1.40 bits per heavy atom. The third-order valence-electron chi connectivity index (χ3n) is 4.14. The number of nitrogens with zero attached hydrogens (tertiary/aromatic N) is 2. The average Bonchev–Trinajstić information content (AvgIpc) is 2.54. The Morgan fingerprint density at radius 3 is 2.60 bits per heavy atom. The second-order valence-electron chi connectivity index (χ2n) is 6.20. The highest BCUT2D eigenvalue weighted by Gasteiger charge is 2.36. The molecular formula is C17H20F3N3OS. The monoisotopic (exact) mass is 371 g/mol. The van der Waals surface area contributed by atoms with Crippen molar-refractivity contribution < 1.29 is 18.0 Å². The minimum Gasteiger partial charge on any atom is -0.352 e. The Bertz CT molecular complexity index is 679. The molecule has 1 unspecified atom stereocenters. The topological polar surface area (TPSA) is 65.8 Å². The number of thioether (sulfide) groups is 1. The maximum Gasteiger partial charge on any atom is 0.417 e. The van der Waals surface area contributed by atoms with Gasteiger partial charge in [-0.05, 0) is 32.8 Å². The van der Waals surface area contributed by atoms with Crippen LogP contribution in [-0.2, 0) is 11.0 Å². The fraction of sp³-hybridized carbons (Fsp3) is 0.588. The number of pyridine rings is 1. The van der Waals surface area contributed by atoms with Crippen molar-refractivity contribution in [2.45, 2.75) is 68.4 Å². The van der Waals surface area contributed by atoms with Gasteiger partial charge in [-0.2, -0.15) is 18.4 Å². The normalized spacial score (nSPS) is 17.0. The highest BCUT2D eigenvalue weighted by Crippen LogP contribution is 2.36. The summed E-state index contributed by atoms with van der Waals surface area (Å²) in [6, 6.07) is 2.57. The predicted molar refractivity (Wildman–Crippen MR) is 89.0 cm³/mol. The van der Waals surface area contributed by atoms with Crippen LogP contribution in [0.15, 0.2) is 11.1 Å². The van der Waals surface area contributed by atoms with Crippen LogP contribution in [0.25, 0.3) is 0 Å². The number of rotatable bonds is 4. The highest BCUT2D eigenvalue weighted by atomic mass is 32.2. The van der Waals surface area contributed by atoms with Gasteiger partial charge in [0.25, 0.3) is 0 Å². The molecular weight excluding hydrogens is 351 g/mol. The molecule has 2 rings (SSSR count). The molecule has 1 fully saturated rings. The van der Waals surface area contributed by atoms with Crippen LogP contribution in [0.3, 0.4) is 0 Å². The summed E-state index contributed by atoms with van der Waals surface area (Å²) < 4.78 is 39.4. The zero-order valence-corrected chi connectivity index (χ0v) is 14.9. The minimum absolute atomic E-state index is 0.0545. The van der Waals surface area contributed by atoms with Crippen molar-refractivity contribution in [2.75, 3.05) is 0 Å². The summed E-state index contributed by atoms with van der Waals surface area (Å²) in [6.45, 7) is 3.05. The molecule has 0 spiro atoms. The number of amides is 1. The SMILES string of the molecule is Cc1cc(C(F)(F)F)c(C#N)c(SC(C)C(=O)NC2CCCCC2)n1. The standard InChI is InChI=1S/C17H20F3N3OS/c1-10-8-14(17(18,19)20)13(9-21)16(22-10)25-11(2)15(24)23-12-6-4-3-5-7-12/h8,11-12H,3-7H2,1-2H3,(H,23,24). The Morgan fingerprint density at radius 2 is 2.04 bits per heavy atom. The van der Waals surface area contributed by atoms with Gasteiger partial charge < -0.3 is 5.32 Å².